The number of morpholine rings is 1. The summed E-state index contributed by atoms with van der Waals surface area (Å²) in [6.07, 6.45) is 4.82. The van der Waals surface area contributed by atoms with E-state index in [0.717, 1.165) is 19.4 Å². The quantitative estimate of drug-likeness (QED) is 0.813. The largest absolute Gasteiger partial charge is 0.375 e. The highest BCUT2D eigenvalue weighted by atomic mass is 35.5. The van der Waals surface area contributed by atoms with Gasteiger partial charge in [0.15, 0.2) is 0 Å². The van der Waals surface area contributed by atoms with Gasteiger partial charge < -0.3 is 15.0 Å². The summed E-state index contributed by atoms with van der Waals surface area (Å²) in [5.41, 5.74) is 0. The molecule has 2 atom stereocenters. The topological polar surface area (TPSA) is 41.6 Å². The second kappa shape index (κ2) is 6.57. The van der Waals surface area contributed by atoms with Crippen LogP contribution in [-0.4, -0.2) is 49.2 Å². The van der Waals surface area contributed by atoms with Crippen LogP contribution in [0.3, 0.4) is 0 Å². The maximum absolute atomic E-state index is 12.3. The molecule has 5 heteroatoms. The van der Waals surface area contributed by atoms with Crippen molar-refractivity contribution in [3.63, 3.8) is 0 Å². The Balaban J connectivity index is 0.00000144. The summed E-state index contributed by atoms with van der Waals surface area (Å²) in [4.78, 5) is 14.2. The third-order valence-corrected chi connectivity index (χ3v) is 3.80. The molecule has 0 unspecified atom stereocenters. The van der Waals surface area contributed by atoms with Gasteiger partial charge in [-0.2, -0.15) is 0 Å². The van der Waals surface area contributed by atoms with Crippen LogP contribution in [0.5, 0.6) is 0 Å². The summed E-state index contributed by atoms with van der Waals surface area (Å²) in [6.45, 7) is 3.45. The van der Waals surface area contributed by atoms with E-state index < -0.39 is 0 Å². The van der Waals surface area contributed by atoms with Gasteiger partial charge in [0.05, 0.1) is 12.7 Å². The summed E-state index contributed by atoms with van der Waals surface area (Å²) in [7, 11) is 1.93. The highest BCUT2D eigenvalue weighted by molar-refractivity contribution is 5.85. The van der Waals surface area contributed by atoms with Gasteiger partial charge in [0.1, 0.15) is 6.04 Å². The molecular formula is C12H23ClN2O2. The first-order valence-corrected chi connectivity index (χ1v) is 6.32. The van der Waals surface area contributed by atoms with Crippen molar-refractivity contribution in [3.8, 4) is 0 Å². The predicted octanol–water partition coefficient (Wildman–Crippen LogP) is 1.19. The maximum atomic E-state index is 12.3. The Labute approximate surface area is 109 Å². The Morgan fingerprint density at radius 1 is 1.35 bits per heavy atom. The van der Waals surface area contributed by atoms with Crippen molar-refractivity contribution in [1.82, 2.24) is 10.2 Å². The van der Waals surface area contributed by atoms with Crippen molar-refractivity contribution in [2.75, 3.05) is 20.2 Å². The number of nitrogens with zero attached hydrogens (tertiary/aromatic N) is 1. The van der Waals surface area contributed by atoms with Gasteiger partial charge in [0.25, 0.3) is 0 Å². The number of hydrogen-bond acceptors (Lipinski definition) is 3. The molecule has 1 saturated heterocycles. The Kier molecular flexibility index (Phi) is 5.70. The molecule has 17 heavy (non-hydrogen) atoms. The van der Waals surface area contributed by atoms with E-state index in [1.165, 1.54) is 12.8 Å². The molecule has 1 heterocycles. The summed E-state index contributed by atoms with van der Waals surface area (Å²) in [6, 6.07) is 0.294. The van der Waals surface area contributed by atoms with Crippen LogP contribution in [0.1, 0.15) is 32.6 Å². The van der Waals surface area contributed by atoms with Crippen LogP contribution in [0.2, 0.25) is 0 Å². The smallest absolute Gasteiger partial charge is 0.242 e. The number of rotatable bonds is 2. The van der Waals surface area contributed by atoms with Gasteiger partial charge in [-0.15, -0.1) is 12.4 Å². The molecule has 1 amide bonds. The van der Waals surface area contributed by atoms with Gasteiger partial charge in [-0.3, -0.25) is 4.79 Å². The lowest BCUT2D eigenvalue weighted by Crippen LogP contribution is -2.57. The van der Waals surface area contributed by atoms with Gasteiger partial charge in [0, 0.05) is 19.6 Å². The number of carbonyl (C=O) groups is 1. The van der Waals surface area contributed by atoms with Gasteiger partial charge in [-0.05, 0) is 19.8 Å². The Morgan fingerprint density at radius 2 is 2.00 bits per heavy atom. The van der Waals surface area contributed by atoms with Crippen LogP contribution in [-0.2, 0) is 9.53 Å². The van der Waals surface area contributed by atoms with Crippen molar-refractivity contribution < 1.29 is 9.53 Å². The lowest BCUT2D eigenvalue weighted by atomic mass is 10.1. The SMILES string of the molecule is C[C@H]1OCCN[C@@H]1C(=O)N(C)C1CCCC1.Cl. The molecule has 2 aliphatic rings. The Hall–Kier alpha value is -0.320. The van der Waals surface area contributed by atoms with Gasteiger partial charge >= 0.3 is 0 Å². The van der Waals surface area contributed by atoms with Crippen LogP contribution in [0.15, 0.2) is 0 Å². The molecule has 1 aliphatic heterocycles. The average molecular weight is 263 g/mol. The number of hydrogen-bond donors (Lipinski definition) is 1. The zero-order valence-corrected chi connectivity index (χ0v) is 11.5. The zero-order valence-electron chi connectivity index (χ0n) is 10.6. The zero-order chi connectivity index (χ0) is 11.5. The first-order chi connectivity index (χ1) is 7.70. The lowest BCUT2D eigenvalue weighted by molar-refractivity contribution is -0.140. The van der Waals surface area contributed by atoms with Crippen LogP contribution >= 0.6 is 12.4 Å². The number of amides is 1. The number of carbonyl (C=O) groups excluding carboxylic acids is 1. The highest BCUT2D eigenvalue weighted by Gasteiger charge is 2.33. The minimum absolute atomic E-state index is 0. The normalized spacial score (nSPS) is 29.8. The second-order valence-electron chi connectivity index (χ2n) is 4.90. The molecule has 1 aliphatic carbocycles. The molecule has 0 bridgehead atoms. The van der Waals surface area contributed by atoms with Gasteiger partial charge in [-0.1, -0.05) is 12.8 Å². The summed E-state index contributed by atoms with van der Waals surface area (Å²) >= 11 is 0. The number of ether oxygens (including phenoxy) is 1. The van der Waals surface area contributed by atoms with Crippen molar-refractivity contribution in [3.05, 3.63) is 0 Å². The first kappa shape index (κ1) is 14.7. The monoisotopic (exact) mass is 262 g/mol. The molecule has 0 aromatic carbocycles. The fourth-order valence-corrected chi connectivity index (χ4v) is 2.70. The predicted molar refractivity (Wildman–Crippen MR) is 69.5 cm³/mol. The van der Waals surface area contributed by atoms with Crippen LogP contribution in [0.4, 0.5) is 0 Å². The fourth-order valence-electron chi connectivity index (χ4n) is 2.70. The third-order valence-electron chi connectivity index (χ3n) is 3.80. The van der Waals surface area contributed by atoms with Crippen molar-refractivity contribution in [2.24, 2.45) is 0 Å². The molecule has 2 fully saturated rings. The van der Waals surface area contributed by atoms with Crippen molar-refractivity contribution in [1.29, 1.82) is 0 Å². The lowest BCUT2D eigenvalue weighted by Gasteiger charge is -2.34. The molecule has 0 aromatic rings. The van der Waals surface area contributed by atoms with E-state index in [2.05, 4.69) is 5.32 Å². The van der Waals surface area contributed by atoms with E-state index in [1.54, 1.807) is 0 Å². The number of halogens is 1. The molecule has 0 aromatic heterocycles. The minimum atomic E-state index is -0.153. The van der Waals surface area contributed by atoms with E-state index >= 15 is 0 Å². The van der Waals surface area contributed by atoms with Gasteiger partial charge in [0.2, 0.25) is 5.91 Å². The highest BCUT2D eigenvalue weighted by Crippen LogP contribution is 2.23. The van der Waals surface area contributed by atoms with Gasteiger partial charge in [-0.25, -0.2) is 0 Å². The van der Waals surface area contributed by atoms with Crippen molar-refractivity contribution >= 4 is 18.3 Å². The first-order valence-electron chi connectivity index (χ1n) is 6.32. The Bertz CT molecular complexity index is 257. The van der Waals surface area contributed by atoms with Crippen LogP contribution in [0.25, 0.3) is 0 Å². The molecule has 100 valence electrons. The van der Waals surface area contributed by atoms with E-state index in [0.29, 0.717) is 12.6 Å². The molecule has 2 rings (SSSR count). The molecule has 0 spiro atoms. The molecule has 4 nitrogen and oxygen atoms in total. The summed E-state index contributed by atoms with van der Waals surface area (Å²) in [5, 5.41) is 3.26. The molecule has 1 N–H and O–H groups in total. The molecule has 1 saturated carbocycles. The van der Waals surface area contributed by atoms with Crippen LogP contribution < -0.4 is 5.32 Å². The standard InChI is InChI=1S/C12H22N2O2.ClH/c1-9-11(13-7-8-16-9)12(15)14(2)10-5-3-4-6-10;/h9-11,13H,3-8H2,1-2H3;1H/t9-,11+;/m1./s1. The van der Waals surface area contributed by atoms with E-state index in [9.17, 15) is 4.79 Å². The molecular weight excluding hydrogens is 240 g/mol. The second-order valence-corrected chi connectivity index (χ2v) is 4.90. The summed E-state index contributed by atoms with van der Waals surface area (Å²) < 4.78 is 5.51. The van der Waals surface area contributed by atoms with E-state index in [1.807, 2.05) is 18.9 Å². The minimum Gasteiger partial charge on any atom is -0.375 e. The third kappa shape index (κ3) is 3.33. The maximum Gasteiger partial charge on any atom is 0.242 e. The molecule has 0 radical (unpaired) electrons. The number of nitrogens with one attached hydrogen (secondary N) is 1. The number of likely N-dealkylation sites (N-methyl/N-ethyl adjacent to an activating group) is 1. The average Bonchev–Trinajstić information content (AvgIpc) is 2.81. The van der Waals surface area contributed by atoms with Crippen LogP contribution in [0, 0.1) is 0 Å². The fraction of sp³-hybridized carbons (Fsp3) is 0.917. The van der Waals surface area contributed by atoms with E-state index in [-0.39, 0.29) is 30.5 Å². The Morgan fingerprint density at radius 3 is 2.59 bits per heavy atom. The van der Waals surface area contributed by atoms with E-state index in [4.69, 9.17) is 4.74 Å². The summed E-state index contributed by atoms with van der Waals surface area (Å²) in [5.74, 6) is 0.194. The van der Waals surface area contributed by atoms with Crippen molar-refractivity contribution in [2.45, 2.75) is 50.8 Å².